The molecule has 4 heteroatoms. The van der Waals surface area contributed by atoms with Crippen LogP contribution in [0.5, 0.6) is 0 Å². The third-order valence-corrected chi connectivity index (χ3v) is 3.67. The number of hydrogen-bond donors (Lipinski definition) is 1. The van der Waals surface area contributed by atoms with Gasteiger partial charge in [-0.15, -0.1) is 0 Å². The molecule has 1 atom stereocenters. The summed E-state index contributed by atoms with van der Waals surface area (Å²) in [6.07, 6.45) is 1.95. The number of carboxylic acid groups (broad SMARTS) is 1. The summed E-state index contributed by atoms with van der Waals surface area (Å²) in [4.78, 5) is 15.8. The molecule has 0 radical (unpaired) electrons. The van der Waals surface area contributed by atoms with E-state index in [2.05, 4.69) is 9.80 Å². The van der Waals surface area contributed by atoms with Gasteiger partial charge in [-0.3, -0.25) is 9.69 Å². The molecule has 0 saturated heterocycles. The molecule has 19 heavy (non-hydrogen) atoms. The van der Waals surface area contributed by atoms with Gasteiger partial charge in [0.05, 0.1) is 0 Å². The van der Waals surface area contributed by atoms with E-state index < -0.39 is 12.0 Å². The van der Waals surface area contributed by atoms with E-state index in [1.165, 1.54) is 5.56 Å². The minimum atomic E-state index is -0.739. The van der Waals surface area contributed by atoms with E-state index in [-0.39, 0.29) is 0 Å². The van der Waals surface area contributed by atoms with E-state index >= 15 is 0 Å². The second kappa shape index (κ2) is 6.17. The van der Waals surface area contributed by atoms with Crippen LogP contribution in [0.3, 0.4) is 0 Å². The summed E-state index contributed by atoms with van der Waals surface area (Å²) >= 11 is 0. The molecule has 1 unspecified atom stereocenters. The van der Waals surface area contributed by atoms with Crippen molar-refractivity contribution in [3.05, 3.63) is 35.4 Å². The molecule has 0 spiro atoms. The molecular weight excluding hydrogens is 240 g/mol. The zero-order valence-corrected chi connectivity index (χ0v) is 11.7. The maximum atomic E-state index is 11.6. The lowest BCUT2D eigenvalue weighted by Crippen LogP contribution is -2.40. The Morgan fingerprint density at radius 3 is 2.84 bits per heavy atom. The Bertz CT molecular complexity index is 446. The number of fused-ring (bicyclic) bond motifs is 1. The fourth-order valence-corrected chi connectivity index (χ4v) is 2.74. The Kier molecular flexibility index (Phi) is 4.56. The SMILES string of the molecule is CN(C)CCCN1CCc2ccccc2C1C(=O)O. The van der Waals surface area contributed by atoms with Crippen LogP contribution < -0.4 is 0 Å². The first-order valence-electron chi connectivity index (χ1n) is 6.79. The fourth-order valence-electron chi connectivity index (χ4n) is 2.74. The Morgan fingerprint density at radius 1 is 1.42 bits per heavy atom. The van der Waals surface area contributed by atoms with Crippen LogP contribution in [-0.4, -0.2) is 54.6 Å². The van der Waals surface area contributed by atoms with Crippen molar-refractivity contribution in [2.45, 2.75) is 18.9 Å². The van der Waals surface area contributed by atoms with Crippen LogP contribution in [0.15, 0.2) is 24.3 Å². The van der Waals surface area contributed by atoms with Crippen molar-refractivity contribution in [1.29, 1.82) is 0 Å². The Morgan fingerprint density at radius 2 is 2.16 bits per heavy atom. The van der Waals surface area contributed by atoms with Gasteiger partial charge < -0.3 is 10.0 Å². The van der Waals surface area contributed by atoms with Crippen LogP contribution in [0.25, 0.3) is 0 Å². The molecule has 0 aliphatic carbocycles. The monoisotopic (exact) mass is 262 g/mol. The first-order valence-corrected chi connectivity index (χ1v) is 6.79. The normalized spacial score (nSPS) is 19.4. The highest BCUT2D eigenvalue weighted by Gasteiger charge is 2.32. The van der Waals surface area contributed by atoms with Gasteiger partial charge in [0.1, 0.15) is 6.04 Å². The highest BCUT2D eigenvalue weighted by Crippen LogP contribution is 2.29. The average Bonchev–Trinajstić information content (AvgIpc) is 2.37. The van der Waals surface area contributed by atoms with Crippen molar-refractivity contribution in [1.82, 2.24) is 9.80 Å². The summed E-state index contributed by atoms with van der Waals surface area (Å²) in [6, 6.07) is 7.43. The standard InChI is InChI=1S/C15H22N2O2/c1-16(2)9-5-10-17-11-8-12-6-3-4-7-13(12)14(17)15(18)19/h3-4,6-7,14H,5,8-11H2,1-2H3,(H,18,19). The zero-order valence-electron chi connectivity index (χ0n) is 11.7. The lowest BCUT2D eigenvalue weighted by atomic mass is 9.92. The number of carboxylic acids is 1. The summed E-state index contributed by atoms with van der Waals surface area (Å²) < 4.78 is 0. The van der Waals surface area contributed by atoms with E-state index in [0.29, 0.717) is 0 Å². The van der Waals surface area contributed by atoms with E-state index in [9.17, 15) is 9.90 Å². The van der Waals surface area contributed by atoms with Gasteiger partial charge >= 0.3 is 5.97 Å². The highest BCUT2D eigenvalue weighted by molar-refractivity contribution is 5.76. The molecule has 1 aliphatic rings. The van der Waals surface area contributed by atoms with Gasteiger partial charge in [-0.25, -0.2) is 0 Å². The number of carbonyl (C=O) groups is 1. The molecule has 104 valence electrons. The molecule has 0 fully saturated rings. The molecule has 1 aromatic carbocycles. The molecule has 0 amide bonds. The maximum absolute atomic E-state index is 11.6. The van der Waals surface area contributed by atoms with Crippen molar-refractivity contribution in [3.8, 4) is 0 Å². The molecule has 1 aliphatic heterocycles. The molecule has 0 saturated carbocycles. The first kappa shape index (κ1) is 14.0. The average molecular weight is 262 g/mol. The predicted molar refractivity (Wildman–Crippen MR) is 75.3 cm³/mol. The topological polar surface area (TPSA) is 43.8 Å². The van der Waals surface area contributed by atoms with Gasteiger partial charge in [-0.1, -0.05) is 24.3 Å². The summed E-state index contributed by atoms with van der Waals surface area (Å²) in [7, 11) is 4.08. The number of hydrogen-bond acceptors (Lipinski definition) is 3. The third-order valence-electron chi connectivity index (χ3n) is 3.67. The van der Waals surface area contributed by atoms with Crippen LogP contribution in [0.4, 0.5) is 0 Å². The van der Waals surface area contributed by atoms with Crippen LogP contribution in [0.2, 0.25) is 0 Å². The summed E-state index contributed by atoms with van der Waals surface area (Å²) in [5.41, 5.74) is 2.14. The fraction of sp³-hybridized carbons (Fsp3) is 0.533. The van der Waals surface area contributed by atoms with Crippen LogP contribution in [0.1, 0.15) is 23.6 Å². The van der Waals surface area contributed by atoms with Crippen molar-refractivity contribution in [3.63, 3.8) is 0 Å². The van der Waals surface area contributed by atoms with Crippen molar-refractivity contribution in [2.75, 3.05) is 33.7 Å². The van der Waals surface area contributed by atoms with Gasteiger partial charge in [-0.05, 0) is 44.6 Å². The highest BCUT2D eigenvalue weighted by atomic mass is 16.4. The minimum Gasteiger partial charge on any atom is -0.480 e. The first-order chi connectivity index (χ1) is 9.09. The van der Waals surface area contributed by atoms with Crippen LogP contribution in [-0.2, 0) is 11.2 Å². The lowest BCUT2D eigenvalue weighted by molar-refractivity contribution is -0.144. The maximum Gasteiger partial charge on any atom is 0.325 e. The van der Waals surface area contributed by atoms with Crippen molar-refractivity contribution < 1.29 is 9.90 Å². The second-order valence-electron chi connectivity index (χ2n) is 5.38. The molecule has 1 aromatic rings. The van der Waals surface area contributed by atoms with Crippen molar-refractivity contribution >= 4 is 5.97 Å². The molecule has 1 N–H and O–H groups in total. The van der Waals surface area contributed by atoms with E-state index in [4.69, 9.17) is 0 Å². The summed E-state index contributed by atoms with van der Waals surface area (Å²) in [6.45, 7) is 2.66. The minimum absolute atomic E-state index is 0.480. The smallest absolute Gasteiger partial charge is 0.325 e. The summed E-state index contributed by atoms with van der Waals surface area (Å²) in [5.74, 6) is -0.739. The van der Waals surface area contributed by atoms with Gasteiger partial charge in [0.2, 0.25) is 0 Å². The van der Waals surface area contributed by atoms with E-state index in [1.807, 2.05) is 38.4 Å². The van der Waals surface area contributed by atoms with Gasteiger partial charge in [-0.2, -0.15) is 0 Å². The Balaban J connectivity index is 2.11. The third kappa shape index (κ3) is 3.33. The quantitative estimate of drug-likeness (QED) is 0.876. The number of benzene rings is 1. The Labute approximate surface area is 114 Å². The number of nitrogens with zero attached hydrogens (tertiary/aromatic N) is 2. The zero-order chi connectivity index (χ0) is 13.8. The molecule has 1 heterocycles. The van der Waals surface area contributed by atoms with Crippen LogP contribution in [0, 0.1) is 0 Å². The summed E-state index contributed by atoms with van der Waals surface area (Å²) in [5, 5.41) is 9.51. The van der Waals surface area contributed by atoms with Gasteiger partial charge in [0.15, 0.2) is 0 Å². The second-order valence-corrected chi connectivity index (χ2v) is 5.38. The molecular formula is C15H22N2O2. The Hall–Kier alpha value is -1.39. The van der Waals surface area contributed by atoms with Crippen molar-refractivity contribution in [2.24, 2.45) is 0 Å². The molecule has 4 nitrogen and oxygen atoms in total. The van der Waals surface area contributed by atoms with Gasteiger partial charge in [0, 0.05) is 13.1 Å². The van der Waals surface area contributed by atoms with Crippen LogP contribution >= 0.6 is 0 Å². The molecule has 0 aromatic heterocycles. The molecule has 2 rings (SSSR count). The predicted octanol–water partition coefficient (Wildman–Crippen LogP) is 1.62. The number of aliphatic carboxylic acids is 1. The molecule has 0 bridgehead atoms. The largest absolute Gasteiger partial charge is 0.480 e. The number of rotatable bonds is 5. The van der Waals surface area contributed by atoms with E-state index in [0.717, 1.165) is 38.0 Å². The lowest BCUT2D eigenvalue weighted by Gasteiger charge is -2.34. The van der Waals surface area contributed by atoms with E-state index in [1.54, 1.807) is 0 Å². The van der Waals surface area contributed by atoms with Gasteiger partial charge in [0.25, 0.3) is 0 Å².